The standard InChI is InChI=1S/C16H15ClF3NO/c1-15(16(18,19)20,11-4-3-5-12(17)10-11)21-13-6-8-14(22-2)9-7-13/h3-10,21H,1-2H3. The molecule has 0 fully saturated rings. The molecule has 0 radical (unpaired) electrons. The molecular formula is C16H15ClF3NO. The van der Waals surface area contributed by atoms with Crippen LogP contribution >= 0.6 is 11.6 Å². The van der Waals surface area contributed by atoms with E-state index in [2.05, 4.69) is 5.32 Å². The number of rotatable bonds is 4. The Hall–Kier alpha value is -1.88. The van der Waals surface area contributed by atoms with Crippen molar-refractivity contribution in [3.8, 4) is 5.75 Å². The number of nitrogens with one attached hydrogen (secondary N) is 1. The minimum Gasteiger partial charge on any atom is -0.497 e. The van der Waals surface area contributed by atoms with Crippen LogP contribution in [0.5, 0.6) is 5.75 Å². The summed E-state index contributed by atoms with van der Waals surface area (Å²) < 4.78 is 45.9. The first-order valence-electron chi connectivity index (χ1n) is 6.51. The van der Waals surface area contributed by atoms with Crippen LogP contribution in [0.1, 0.15) is 12.5 Å². The summed E-state index contributed by atoms with van der Waals surface area (Å²) in [5.74, 6) is 0.571. The van der Waals surface area contributed by atoms with Crippen molar-refractivity contribution >= 4 is 17.3 Å². The molecule has 6 heteroatoms. The lowest BCUT2D eigenvalue weighted by Gasteiger charge is -2.34. The third kappa shape index (κ3) is 3.30. The van der Waals surface area contributed by atoms with E-state index in [1.54, 1.807) is 12.1 Å². The summed E-state index contributed by atoms with van der Waals surface area (Å²) in [6, 6.07) is 12.0. The van der Waals surface area contributed by atoms with Crippen LogP contribution in [-0.4, -0.2) is 13.3 Å². The largest absolute Gasteiger partial charge is 0.497 e. The Balaban J connectivity index is 2.41. The van der Waals surface area contributed by atoms with Crippen molar-refractivity contribution in [3.63, 3.8) is 0 Å². The molecule has 0 bridgehead atoms. The summed E-state index contributed by atoms with van der Waals surface area (Å²) in [6.45, 7) is 1.09. The van der Waals surface area contributed by atoms with Crippen LogP contribution in [0.3, 0.4) is 0 Å². The molecule has 2 aromatic rings. The van der Waals surface area contributed by atoms with Gasteiger partial charge in [0, 0.05) is 10.7 Å². The minimum atomic E-state index is -4.50. The van der Waals surface area contributed by atoms with Crippen molar-refractivity contribution in [2.75, 3.05) is 12.4 Å². The smallest absolute Gasteiger partial charge is 0.415 e. The Labute approximate surface area is 131 Å². The minimum absolute atomic E-state index is 0.0447. The highest BCUT2D eigenvalue weighted by Crippen LogP contribution is 2.42. The lowest BCUT2D eigenvalue weighted by molar-refractivity contribution is -0.177. The molecule has 0 saturated heterocycles. The fourth-order valence-electron chi connectivity index (χ4n) is 2.07. The second-order valence-corrected chi connectivity index (χ2v) is 5.42. The Morgan fingerprint density at radius 3 is 2.18 bits per heavy atom. The second-order valence-electron chi connectivity index (χ2n) is 4.99. The number of alkyl halides is 3. The van der Waals surface area contributed by atoms with Gasteiger partial charge in [0.15, 0.2) is 5.54 Å². The van der Waals surface area contributed by atoms with Gasteiger partial charge in [0.25, 0.3) is 0 Å². The number of ether oxygens (including phenoxy) is 1. The van der Waals surface area contributed by atoms with E-state index in [1.807, 2.05) is 0 Å². The fourth-order valence-corrected chi connectivity index (χ4v) is 2.26. The van der Waals surface area contributed by atoms with Crippen molar-refractivity contribution in [1.29, 1.82) is 0 Å². The fraction of sp³-hybridized carbons (Fsp3) is 0.250. The number of anilines is 1. The van der Waals surface area contributed by atoms with Crippen molar-refractivity contribution in [2.45, 2.75) is 18.6 Å². The van der Waals surface area contributed by atoms with Crippen LogP contribution in [0.25, 0.3) is 0 Å². The molecule has 0 aliphatic heterocycles. The highest BCUT2D eigenvalue weighted by Gasteiger charge is 2.52. The second kappa shape index (κ2) is 6.08. The lowest BCUT2D eigenvalue weighted by Crippen LogP contribution is -2.46. The molecule has 118 valence electrons. The quantitative estimate of drug-likeness (QED) is 0.828. The maximum absolute atomic E-state index is 13.6. The van der Waals surface area contributed by atoms with Gasteiger partial charge in [-0.05, 0) is 48.9 Å². The Bertz CT molecular complexity index is 643. The molecule has 1 atom stereocenters. The van der Waals surface area contributed by atoms with Crippen LogP contribution < -0.4 is 10.1 Å². The molecule has 2 nitrogen and oxygen atoms in total. The highest BCUT2D eigenvalue weighted by atomic mass is 35.5. The van der Waals surface area contributed by atoms with Gasteiger partial charge in [-0.25, -0.2) is 0 Å². The van der Waals surface area contributed by atoms with E-state index in [0.29, 0.717) is 11.4 Å². The van der Waals surface area contributed by atoms with E-state index >= 15 is 0 Å². The first kappa shape index (κ1) is 16.5. The number of hydrogen-bond acceptors (Lipinski definition) is 2. The van der Waals surface area contributed by atoms with Crippen molar-refractivity contribution in [1.82, 2.24) is 0 Å². The van der Waals surface area contributed by atoms with Gasteiger partial charge >= 0.3 is 6.18 Å². The van der Waals surface area contributed by atoms with Gasteiger partial charge in [0.05, 0.1) is 7.11 Å². The zero-order chi connectivity index (χ0) is 16.4. The van der Waals surface area contributed by atoms with E-state index in [1.165, 1.54) is 43.5 Å². The number of methoxy groups -OCH3 is 1. The summed E-state index contributed by atoms with van der Waals surface area (Å²) in [7, 11) is 1.49. The van der Waals surface area contributed by atoms with Crippen LogP contribution in [0, 0.1) is 0 Å². The molecule has 1 unspecified atom stereocenters. The Kier molecular flexibility index (Phi) is 4.56. The Morgan fingerprint density at radius 2 is 1.68 bits per heavy atom. The molecule has 0 heterocycles. The molecule has 22 heavy (non-hydrogen) atoms. The van der Waals surface area contributed by atoms with E-state index < -0.39 is 11.7 Å². The average molecular weight is 330 g/mol. The topological polar surface area (TPSA) is 21.3 Å². The van der Waals surface area contributed by atoms with Crippen molar-refractivity contribution in [3.05, 3.63) is 59.1 Å². The molecule has 0 saturated carbocycles. The van der Waals surface area contributed by atoms with Crippen LogP contribution in [0.2, 0.25) is 5.02 Å². The van der Waals surface area contributed by atoms with Gasteiger partial charge in [0.1, 0.15) is 5.75 Å². The van der Waals surface area contributed by atoms with E-state index in [9.17, 15) is 13.2 Å². The van der Waals surface area contributed by atoms with Crippen molar-refractivity contribution < 1.29 is 17.9 Å². The SMILES string of the molecule is COc1ccc(NC(C)(c2cccc(Cl)c2)C(F)(F)F)cc1. The van der Waals surface area contributed by atoms with E-state index in [0.717, 1.165) is 6.92 Å². The number of hydrogen-bond donors (Lipinski definition) is 1. The summed E-state index contributed by atoms with van der Waals surface area (Å²) in [5, 5.41) is 2.81. The number of benzene rings is 2. The van der Waals surface area contributed by atoms with Gasteiger partial charge in [-0.3, -0.25) is 0 Å². The zero-order valence-corrected chi connectivity index (χ0v) is 12.8. The van der Waals surface area contributed by atoms with Crippen LogP contribution in [0.4, 0.5) is 18.9 Å². The summed E-state index contributed by atoms with van der Waals surface area (Å²) in [4.78, 5) is 0. The van der Waals surface area contributed by atoms with Crippen molar-refractivity contribution in [2.24, 2.45) is 0 Å². The normalized spacial score (nSPS) is 14.3. The average Bonchev–Trinajstić information content (AvgIpc) is 2.47. The van der Waals surface area contributed by atoms with Gasteiger partial charge in [0.2, 0.25) is 0 Å². The molecule has 0 spiro atoms. The van der Waals surface area contributed by atoms with Crippen LogP contribution in [-0.2, 0) is 5.54 Å². The summed E-state index contributed by atoms with van der Waals surface area (Å²) in [5.41, 5.74) is -1.88. The highest BCUT2D eigenvalue weighted by molar-refractivity contribution is 6.30. The Morgan fingerprint density at radius 1 is 1.05 bits per heavy atom. The summed E-state index contributed by atoms with van der Waals surface area (Å²) >= 11 is 5.83. The lowest BCUT2D eigenvalue weighted by atomic mass is 9.91. The van der Waals surface area contributed by atoms with Gasteiger partial charge in [-0.1, -0.05) is 23.7 Å². The molecule has 0 aliphatic rings. The maximum Gasteiger partial charge on any atom is 0.415 e. The third-order valence-corrected chi connectivity index (χ3v) is 3.69. The first-order valence-corrected chi connectivity index (χ1v) is 6.89. The molecule has 1 N–H and O–H groups in total. The van der Waals surface area contributed by atoms with Crippen LogP contribution in [0.15, 0.2) is 48.5 Å². The molecule has 0 aliphatic carbocycles. The van der Waals surface area contributed by atoms with E-state index in [-0.39, 0.29) is 10.6 Å². The maximum atomic E-state index is 13.6. The monoisotopic (exact) mass is 329 g/mol. The molecule has 0 amide bonds. The first-order chi connectivity index (χ1) is 10.3. The molecule has 2 aromatic carbocycles. The molecular weight excluding hydrogens is 315 g/mol. The summed E-state index contributed by atoms with van der Waals surface area (Å²) in [6.07, 6.45) is -4.50. The predicted molar refractivity (Wildman–Crippen MR) is 81.5 cm³/mol. The molecule has 0 aromatic heterocycles. The van der Waals surface area contributed by atoms with Gasteiger partial charge in [-0.2, -0.15) is 13.2 Å². The zero-order valence-electron chi connectivity index (χ0n) is 12.0. The predicted octanol–water partition coefficient (Wildman–Crippen LogP) is 5.24. The van der Waals surface area contributed by atoms with Gasteiger partial charge < -0.3 is 10.1 Å². The molecule has 2 rings (SSSR count). The number of halogens is 4. The van der Waals surface area contributed by atoms with E-state index in [4.69, 9.17) is 16.3 Å². The van der Waals surface area contributed by atoms with Gasteiger partial charge in [-0.15, -0.1) is 0 Å². The third-order valence-electron chi connectivity index (χ3n) is 3.45.